The molecule has 0 bridgehead atoms. The van der Waals surface area contributed by atoms with E-state index in [1.165, 1.54) is 0 Å². The van der Waals surface area contributed by atoms with Crippen LogP contribution in [0.1, 0.15) is 38.6 Å². The summed E-state index contributed by atoms with van der Waals surface area (Å²) in [5, 5.41) is 3.15. The highest BCUT2D eigenvalue weighted by atomic mass is 15.3. The number of H-pyrrole nitrogens is 1. The number of nitrogens with zero attached hydrogens (tertiary/aromatic N) is 2. The molecule has 0 aliphatic carbocycles. The van der Waals surface area contributed by atoms with E-state index in [9.17, 15) is 0 Å². The molecule has 5 N–H and O–H groups in total. The molecule has 1 atom stereocenters. The number of unbranched alkanes of at least 4 members (excludes halogenated alkanes) is 1. The van der Waals surface area contributed by atoms with Crippen molar-refractivity contribution in [2.45, 2.75) is 32.7 Å². The topological polar surface area (TPSA) is 91.1 Å². The van der Waals surface area contributed by atoms with Gasteiger partial charge in [0.05, 0.1) is 6.04 Å². The molecular formula is C10H20N6. The fourth-order valence-electron chi connectivity index (χ4n) is 1.27. The molecule has 0 fully saturated rings. The first kappa shape index (κ1) is 12.5. The quantitative estimate of drug-likeness (QED) is 0.195. The van der Waals surface area contributed by atoms with E-state index in [4.69, 9.17) is 5.84 Å². The zero-order valence-electron chi connectivity index (χ0n) is 9.83. The van der Waals surface area contributed by atoms with E-state index in [0.717, 1.165) is 25.2 Å². The van der Waals surface area contributed by atoms with E-state index < -0.39 is 0 Å². The first-order valence-electron chi connectivity index (χ1n) is 5.54. The molecule has 1 aromatic rings. The van der Waals surface area contributed by atoms with Gasteiger partial charge in [-0.15, -0.1) is 0 Å². The van der Waals surface area contributed by atoms with Crippen molar-refractivity contribution in [1.82, 2.24) is 20.7 Å². The van der Waals surface area contributed by atoms with E-state index in [-0.39, 0.29) is 6.04 Å². The van der Waals surface area contributed by atoms with Crippen LogP contribution < -0.4 is 16.6 Å². The molecule has 1 aromatic heterocycles. The number of guanidine groups is 1. The van der Waals surface area contributed by atoms with Gasteiger partial charge in [0.25, 0.3) is 0 Å². The van der Waals surface area contributed by atoms with Crippen molar-refractivity contribution in [2.24, 2.45) is 10.8 Å². The summed E-state index contributed by atoms with van der Waals surface area (Å²) in [5.41, 5.74) is 2.55. The van der Waals surface area contributed by atoms with Gasteiger partial charge in [-0.2, -0.15) is 0 Å². The molecule has 90 valence electrons. The zero-order chi connectivity index (χ0) is 11.8. The number of rotatable bonds is 5. The Kier molecular flexibility index (Phi) is 5.35. The van der Waals surface area contributed by atoms with Crippen molar-refractivity contribution in [2.75, 3.05) is 6.54 Å². The van der Waals surface area contributed by atoms with E-state index >= 15 is 0 Å². The third kappa shape index (κ3) is 3.90. The lowest BCUT2D eigenvalue weighted by Crippen LogP contribution is -2.43. The van der Waals surface area contributed by atoms with E-state index in [1.807, 2.05) is 6.92 Å². The van der Waals surface area contributed by atoms with Crippen LogP contribution in [0.2, 0.25) is 0 Å². The third-order valence-corrected chi connectivity index (χ3v) is 2.20. The molecule has 6 nitrogen and oxygen atoms in total. The van der Waals surface area contributed by atoms with Crippen molar-refractivity contribution in [1.29, 1.82) is 0 Å². The van der Waals surface area contributed by atoms with Gasteiger partial charge in [0.2, 0.25) is 5.96 Å². The first-order valence-corrected chi connectivity index (χ1v) is 5.54. The van der Waals surface area contributed by atoms with Crippen molar-refractivity contribution >= 4 is 5.96 Å². The predicted octanol–water partition coefficient (Wildman–Crippen LogP) is 0.680. The van der Waals surface area contributed by atoms with Crippen LogP contribution in [0.4, 0.5) is 0 Å². The fraction of sp³-hybridized carbons (Fsp3) is 0.600. The number of nitrogens with two attached hydrogens (primary N) is 1. The number of aliphatic imine (C=N–C) groups is 1. The van der Waals surface area contributed by atoms with E-state index in [1.54, 1.807) is 12.4 Å². The van der Waals surface area contributed by atoms with Gasteiger partial charge in [-0.25, -0.2) is 10.8 Å². The summed E-state index contributed by atoms with van der Waals surface area (Å²) in [6.07, 6.45) is 5.69. The van der Waals surface area contributed by atoms with Gasteiger partial charge in [0, 0.05) is 18.9 Å². The Morgan fingerprint density at radius 2 is 2.50 bits per heavy atom. The number of hydrazine groups is 1. The molecule has 0 radical (unpaired) electrons. The van der Waals surface area contributed by atoms with Crippen molar-refractivity contribution in [3.05, 3.63) is 18.2 Å². The van der Waals surface area contributed by atoms with Crippen molar-refractivity contribution in [3.8, 4) is 0 Å². The first-order chi connectivity index (χ1) is 7.77. The molecule has 1 heterocycles. The van der Waals surface area contributed by atoms with Crippen LogP contribution in [-0.2, 0) is 0 Å². The monoisotopic (exact) mass is 224 g/mol. The van der Waals surface area contributed by atoms with Crippen LogP contribution in [0.15, 0.2) is 17.4 Å². The summed E-state index contributed by atoms with van der Waals surface area (Å²) >= 11 is 0. The summed E-state index contributed by atoms with van der Waals surface area (Å²) in [6.45, 7) is 4.89. The van der Waals surface area contributed by atoms with Gasteiger partial charge in [0.1, 0.15) is 5.82 Å². The van der Waals surface area contributed by atoms with Gasteiger partial charge < -0.3 is 10.3 Å². The number of aromatic nitrogens is 2. The second-order valence-electron chi connectivity index (χ2n) is 3.57. The molecule has 0 amide bonds. The Labute approximate surface area is 95.7 Å². The molecule has 16 heavy (non-hydrogen) atoms. The van der Waals surface area contributed by atoms with Crippen LogP contribution >= 0.6 is 0 Å². The minimum atomic E-state index is 0.0476. The molecule has 0 aliphatic rings. The van der Waals surface area contributed by atoms with Gasteiger partial charge >= 0.3 is 0 Å². The maximum Gasteiger partial charge on any atom is 0.206 e. The van der Waals surface area contributed by atoms with Crippen LogP contribution in [0.5, 0.6) is 0 Å². The van der Waals surface area contributed by atoms with Crippen molar-refractivity contribution < 1.29 is 0 Å². The Morgan fingerprint density at radius 1 is 1.69 bits per heavy atom. The van der Waals surface area contributed by atoms with Crippen LogP contribution in [0, 0.1) is 0 Å². The molecular weight excluding hydrogens is 204 g/mol. The molecule has 1 unspecified atom stereocenters. The molecule has 0 aliphatic heterocycles. The second kappa shape index (κ2) is 6.84. The molecule has 6 heteroatoms. The number of aromatic amines is 1. The van der Waals surface area contributed by atoms with Crippen LogP contribution in [0.3, 0.4) is 0 Å². The minimum absolute atomic E-state index is 0.0476. The van der Waals surface area contributed by atoms with Crippen LogP contribution in [0.25, 0.3) is 0 Å². The number of imidazole rings is 1. The van der Waals surface area contributed by atoms with Crippen LogP contribution in [-0.4, -0.2) is 22.5 Å². The minimum Gasteiger partial charge on any atom is -0.347 e. The molecule has 0 aromatic carbocycles. The maximum atomic E-state index is 5.38. The molecule has 1 rings (SSSR count). The fourth-order valence-corrected chi connectivity index (χ4v) is 1.27. The summed E-state index contributed by atoms with van der Waals surface area (Å²) in [4.78, 5) is 11.5. The standard InChI is InChI=1S/C10H20N6/c1-3-4-5-14-10(16-11)15-8(2)9-12-6-7-13-9/h6-8H,3-5,11H2,1-2H3,(H,12,13)(H2,14,15,16). The van der Waals surface area contributed by atoms with Gasteiger partial charge in [-0.1, -0.05) is 13.3 Å². The normalized spacial score (nSPS) is 13.6. The van der Waals surface area contributed by atoms with Gasteiger partial charge in [0.15, 0.2) is 0 Å². The zero-order valence-corrected chi connectivity index (χ0v) is 9.83. The van der Waals surface area contributed by atoms with Gasteiger partial charge in [-0.05, 0) is 13.3 Å². The smallest absolute Gasteiger partial charge is 0.206 e. The SMILES string of the molecule is CCCCN=C(NN)NC(C)c1ncc[nH]1. The molecule has 0 saturated carbocycles. The average Bonchev–Trinajstić information content (AvgIpc) is 2.81. The average molecular weight is 224 g/mol. The maximum absolute atomic E-state index is 5.38. The lowest BCUT2D eigenvalue weighted by Gasteiger charge is -2.14. The van der Waals surface area contributed by atoms with E-state index in [0.29, 0.717) is 5.96 Å². The highest BCUT2D eigenvalue weighted by Crippen LogP contribution is 2.04. The number of nitrogens with one attached hydrogen (secondary N) is 3. The highest BCUT2D eigenvalue weighted by Gasteiger charge is 2.08. The van der Waals surface area contributed by atoms with Crippen molar-refractivity contribution in [3.63, 3.8) is 0 Å². The predicted molar refractivity (Wildman–Crippen MR) is 64.7 cm³/mol. The Morgan fingerprint density at radius 3 is 3.06 bits per heavy atom. The summed E-state index contributed by atoms with van der Waals surface area (Å²) in [7, 11) is 0. The second-order valence-corrected chi connectivity index (χ2v) is 3.57. The summed E-state index contributed by atoms with van der Waals surface area (Å²) < 4.78 is 0. The number of hydrogen-bond donors (Lipinski definition) is 4. The summed E-state index contributed by atoms with van der Waals surface area (Å²) in [5.74, 6) is 6.84. The Bertz CT molecular complexity index is 305. The third-order valence-electron chi connectivity index (χ3n) is 2.20. The molecule has 0 spiro atoms. The Hall–Kier alpha value is -1.56. The lowest BCUT2D eigenvalue weighted by atomic mass is 10.3. The summed E-state index contributed by atoms with van der Waals surface area (Å²) in [6, 6.07) is 0.0476. The Balaban J connectivity index is 2.46. The lowest BCUT2D eigenvalue weighted by molar-refractivity contribution is 0.649. The largest absolute Gasteiger partial charge is 0.347 e. The van der Waals surface area contributed by atoms with E-state index in [2.05, 4.69) is 32.6 Å². The molecule has 0 saturated heterocycles. The van der Waals surface area contributed by atoms with Gasteiger partial charge in [-0.3, -0.25) is 10.4 Å². The number of hydrogen-bond acceptors (Lipinski definition) is 3. The highest BCUT2D eigenvalue weighted by molar-refractivity contribution is 5.79.